The number of primary amides is 1. The highest BCUT2D eigenvalue weighted by Gasteiger charge is 2.51. The first-order chi connectivity index (χ1) is 16.2. The third-order valence-corrected chi connectivity index (χ3v) is 6.69. The van der Waals surface area contributed by atoms with E-state index in [-0.39, 0.29) is 18.9 Å². The predicted molar refractivity (Wildman–Crippen MR) is 126 cm³/mol. The van der Waals surface area contributed by atoms with Crippen molar-refractivity contribution in [3.05, 3.63) is 48.0 Å². The van der Waals surface area contributed by atoms with E-state index in [2.05, 4.69) is 5.32 Å². The number of likely N-dealkylation sites (N-methyl/N-ethyl adjacent to an activating group) is 1. The maximum absolute atomic E-state index is 13.6. The summed E-state index contributed by atoms with van der Waals surface area (Å²) >= 11 is 0. The topological polar surface area (TPSA) is 122 Å². The molecule has 2 aliphatic heterocycles. The number of benzene rings is 1. The minimum Gasteiger partial charge on any atom is -0.464 e. The lowest BCUT2D eigenvalue weighted by atomic mass is 9.94. The Hall–Kier alpha value is -3.20. The number of hydrogen-bond donors (Lipinski definition) is 2. The van der Waals surface area contributed by atoms with Crippen molar-refractivity contribution in [3.63, 3.8) is 0 Å². The van der Waals surface area contributed by atoms with Gasteiger partial charge in [0.25, 0.3) is 0 Å². The van der Waals surface area contributed by atoms with Crippen molar-refractivity contribution in [1.29, 1.82) is 0 Å². The maximum atomic E-state index is 13.6. The van der Waals surface area contributed by atoms with Crippen molar-refractivity contribution in [2.45, 2.75) is 56.8 Å². The van der Waals surface area contributed by atoms with Gasteiger partial charge in [-0.3, -0.25) is 19.3 Å². The van der Waals surface area contributed by atoms with E-state index in [1.165, 1.54) is 4.90 Å². The summed E-state index contributed by atoms with van der Waals surface area (Å²) in [4.78, 5) is 54.6. The zero-order chi connectivity index (χ0) is 24.8. The monoisotopic (exact) mass is 470 g/mol. The Balaban J connectivity index is 1.77. The molecule has 3 N–H and O–H groups in total. The molecule has 9 nitrogen and oxygen atoms in total. The molecule has 3 rings (SSSR count). The largest absolute Gasteiger partial charge is 0.464 e. The fourth-order valence-electron chi connectivity index (χ4n) is 4.45. The van der Waals surface area contributed by atoms with Crippen LogP contribution in [0.2, 0.25) is 0 Å². The quantitative estimate of drug-likeness (QED) is 0.425. The van der Waals surface area contributed by atoms with E-state index < -0.39 is 47.9 Å². The smallest absolute Gasteiger partial charge is 0.328 e. The van der Waals surface area contributed by atoms with Crippen LogP contribution in [0.5, 0.6) is 0 Å². The molecule has 1 aromatic carbocycles. The molecule has 1 unspecified atom stereocenters. The first-order valence-corrected chi connectivity index (χ1v) is 11.6. The average Bonchev–Trinajstić information content (AvgIpc) is 3.18. The molecule has 2 aliphatic rings. The summed E-state index contributed by atoms with van der Waals surface area (Å²) < 4.78 is 5.52. The summed E-state index contributed by atoms with van der Waals surface area (Å²) in [6.45, 7) is 1.90. The lowest BCUT2D eigenvalue weighted by molar-refractivity contribution is -0.155. The number of carbonyl (C=O) groups is 4. The molecule has 0 aromatic heterocycles. The molecular formula is C25H34N4O5. The number of amides is 3. The highest BCUT2D eigenvalue weighted by Crippen LogP contribution is 2.35. The molecule has 5 atom stereocenters. The Labute approximate surface area is 200 Å². The average molecular weight is 471 g/mol. The van der Waals surface area contributed by atoms with E-state index >= 15 is 0 Å². The van der Waals surface area contributed by atoms with Gasteiger partial charge in [0, 0.05) is 12.5 Å². The van der Waals surface area contributed by atoms with Crippen LogP contribution in [0.1, 0.15) is 31.7 Å². The molecule has 184 valence electrons. The number of nitrogens with zero attached hydrogens (tertiary/aromatic N) is 2. The SMILES string of the molecule is C[C@@H](C(=O)N[C@H]1CC=CC[C@@H]2C(C(N)=O)C[C@@H](C(=O)OCCc3ccccc3)N2C1=O)N(C)C. The van der Waals surface area contributed by atoms with E-state index in [4.69, 9.17) is 10.5 Å². The van der Waals surface area contributed by atoms with Gasteiger partial charge in [0.2, 0.25) is 17.7 Å². The van der Waals surface area contributed by atoms with Gasteiger partial charge in [0.05, 0.1) is 18.6 Å². The summed E-state index contributed by atoms with van der Waals surface area (Å²) in [6, 6.07) is 6.85. The van der Waals surface area contributed by atoms with Crippen molar-refractivity contribution < 1.29 is 23.9 Å². The lowest BCUT2D eigenvalue weighted by Gasteiger charge is -2.34. The van der Waals surface area contributed by atoms with Gasteiger partial charge in [-0.1, -0.05) is 42.5 Å². The van der Waals surface area contributed by atoms with Crippen molar-refractivity contribution in [3.8, 4) is 0 Å². The maximum Gasteiger partial charge on any atom is 0.328 e. The van der Waals surface area contributed by atoms with E-state index in [9.17, 15) is 19.2 Å². The lowest BCUT2D eigenvalue weighted by Crippen LogP contribution is -2.57. The van der Waals surface area contributed by atoms with Gasteiger partial charge < -0.3 is 20.7 Å². The van der Waals surface area contributed by atoms with Crippen molar-refractivity contribution in [2.24, 2.45) is 11.7 Å². The summed E-state index contributed by atoms with van der Waals surface area (Å²) in [5.74, 6) is -2.48. The number of hydrogen-bond acceptors (Lipinski definition) is 6. The predicted octanol–water partition coefficient (Wildman–Crippen LogP) is 0.628. The second-order valence-corrected chi connectivity index (χ2v) is 9.12. The van der Waals surface area contributed by atoms with Gasteiger partial charge in [-0.25, -0.2) is 4.79 Å². The molecule has 9 heteroatoms. The summed E-state index contributed by atoms with van der Waals surface area (Å²) in [7, 11) is 3.55. The number of nitrogens with two attached hydrogens (primary N) is 1. The first-order valence-electron chi connectivity index (χ1n) is 11.6. The molecule has 0 bridgehead atoms. The summed E-state index contributed by atoms with van der Waals surface area (Å²) in [5, 5.41) is 2.81. The van der Waals surface area contributed by atoms with E-state index in [1.807, 2.05) is 42.5 Å². The molecule has 0 aliphatic carbocycles. The molecule has 34 heavy (non-hydrogen) atoms. The number of esters is 1. The van der Waals surface area contributed by atoms with Gasteiger partial charge >= 0.3 is 5.97 Å². The molecule has 1 fully saturated rings. The molecule has 0 spiro atoms. The number of nitrogens with one attached hydrogen (secondary N) is 1. The van der Waals surface area contributed by atoms with Gasteiger partial charge in [0.15, 0.2) is 0 Å². The van der Waals surface area contributed by atoms with Crippen LogP contribution in [0.15, 0.2) is 42.5 Å². The number of ether oxygens (including phenoxy) is 1. The second-order valence-electron chi connectivity index (χ2n) is 9.12. The molecule has 1 saturated heterocycles. The van der Waals surface area contributed by atoms with Crippen LogP contribution >= 0.6 is 0 Å². The third kappa shape index (κ3) is 5.83. The van der Waals surface area contributed by atoms with Crippen molar-refractivity contribution in [1.82, 2.24) is 15.1 Å². The standard InChI is InChI=1S/C25H34N4O5/c1-16(28(2)3)23(31)27-19-11-7-8-12-20-18(22(26)30)15-21(29(20)24(19)32)25(33)34-14-13-17-9-5-4-6-10-17/h4-10,16,18-21H,11-15H2,1-3H3,(H2,26,30)(H,27,31)/t16-,18?,19-,20+,21-/m0/s1. The second kappa shape index (κ2) is 11.3. The van der Waals surface area contributed by atoms with Crippen LogP contribution in [0.4, 0.5) is 0 Å². The van der Waals surface area contributed by atoms with Crippen LogP contribution in [0.25, 0.3) is 0 Å². The molecule has 2 heterocycles. The Kier molecular flexibility index (Phi) is 8.44. The van der Waals surface area contributed by atoms with Crippen LogP contribution in [-0.4, -0.2) is 78.4 Å². The summed E-state index contributed by atoms with van der Waals surface area (Å²) in [5.41, 5.74) is 6.67. The third-order valence-electron chi connectivity index (χ3n) is 6.69. The summed E-state index contributed by atoms with van der Waals surface area (Å²) in [6.07, 6.45) is 5.05. The van der Waals surface area contributed by atoms with Crippen molar-refractivity contribution >= 4 is 23.7 Å². The van der Waals surface area contributed by atoms with Crippen molar-refractivity contribution in [2.75, 3.05) is 20.7 Å². The van der Waals surface area contributed by atoms with Crippen LogP contribution < -0.4 is 11.1 Å². The zero-order valence-electron chi connectivity index (χ0n) is 20.0. The van der Waals surface area contributed by atoms with Gasteiger partial charge in [-0.05, 0) is 45.8 Å². The minimum absolute atomic E-state index is 0.110. The molecule has 0 saturated carbocycles. The Morgan fingerprint density at radius 3 is 2.50 bits per heavy atom. The van der Waals surface area contributed by atoms with Gasteiger partial charge in [-0.15, -0.1) is 0 Å². The fraction of sp³-hybridized carbons (Fsp3) is 0.520. The molecule has 0 radical (unpaired) electrons. The van der Waals surface area contributed by atoms with E-state index in [1.54, 1.807) is 25.9 Å². The highest BCUT2D eigenvalue weighted by molar-refractivity contribution is 5.94. The zero-order valence-corrected chi connectivity index (χ0v) is 20.0. The fourth-order valence-corrected chi connectivity index (χ4v) is 4.45. The van der Waals surface area contributed by atoms with E-state index in [0.717, 1.165) is 5.56 Å². The highest BCUT2D eigenvalue weighted by atomic mass is 16.5. The van der Waals surface area contributed by atoms with Gasteiger partial charge in [0.1, 0.15) is 12.1 Å². The number of rotatable bonds is 8. The molecular weight excluding hydrogens is 436 g/mol. The van der Waals surface area contributed by atoms with Crippen LogP contribution in [0, 0.1) is 5.92 Å². The molecule has 3 amide bonds. The molecule has 1 aromatic rings. The minimum atomic E-state index is -0.928. The van der Waals surface area contributed by atoms with Crippen LogP contribution in [0.3, 0.4) is 0 Å². The Morgan fingerprint density at radius 2 is 1.85 bits per heavy atom. The van der Waals surface area contributed by atoms with Crippen LogP contribution in [-0.2, 0) is 30.3 Å². The Morgan fingerprint density at radius 1 is 1.18 bits per heavy atom. The van der Waals surface area contributed by atoms with Gasteiger partial charge in [-0.2, -0.15) is 0 Å². The Bertz CT molecular complexity index is 932. The van der Waals surface area contributed by atoms with E-state index in [0.29, 0.717) is 19.3 Å². The first kappa shape index (κ1) is 25.4. The number of carbonyl (C=O) groups excluding carboxylic acids is 4. The normalized spacial score (nSPS) is 25.3. The number of fused-ring (bicyclic) bond motifs is 1.